The second kappa shape index (κ2) is 8.04. The van der Waals surface area contributed by atoms with E-state index in [-0.39, 0.29) is 29.4 Å². The van der Waals surface area contributed by atoms with Crippen molar-refractivity contribution in [1.82, 2.24) is 0 Å². The summed E-state index contributed by atoms with van der Waals surface area (Å²) >= 11 is 3.45. The molecule has 0 bridgehead atoms. The third-order valence-electron chi connectivity index (χ3n) is 4.71. The number of Topliss-reactive ketones (excluding diaryl/α,β-unsaturated/α-hetero) is 2. The summed E-state index contributed by atoms with van der Waals surface area (Å²) < 4.78 is 6.43. The van der Waals surface area contributed by atoms with Gasteiger partial charge in [0.05, 0.1) is 15.0 Å². The molecule has 0 fully saturated rings. The van der Waals surface area contributed by atoms with Gasteiger partial charge in [0.15, 0.2) is 11.6 Å². The van der Waals surface area contributed by atoms with Crippen LogP contribution in [0, 0.1) is 10.1 Å². The predicted octanol–water partition coefficient (Wildman–Crippen LogP) is 5.40. The molecule has 3 aromatic carbocycles. The fourth-order valence-corrected chi connectivity index (χ4v) is 3.68. The topological polar surface area (TPSA) is 86.5 Å². The Balaban J connectivity index is 1.50. The molecule has 0 N–H and O–H groups in total. The molecule has 0 atom stereocenters. The second-order valence-corrected chi connectivity index (χ2v) is 7.52. The average molecular weight is 464 g/mol. The Bertz CT molecular complexity index is 1180. The maximum absolute atomic E-state index is 12.5. The van der Waals surface area contributed by atoms with Gasteiger partial charge in [0.25, 0.3) is 5.69 Å². The highest BCUT2D eigenvalue weighted by Gasteiger charge is 2.32. The Morgan fingerprint density at radius 2 is 1.57 bits per heavy atom. The second-order valence-electron chi connectivity index (χ2n) is 6.66. The van der Waals surface area contributed by atoms with Crippen LogP contribution in [-0.4, -0.2) is 16.5 Å². The molecular formula is C23H14BrNO5. The van der Waals surface area contributed by atoms with Gasteiger partial charge in [-0.1, -0.05) is 30.3 Å². The largest absolute Gasteiger partial charge is 0.488 e. The lowest BCUT2D eigenvalue weighted by Crippen LogP contribution is -2.00. The maximum Gasteiger partial charge on any atom is 0.269 e. The van der Waals surface area contributed by atoms with E-state index in [2.05, 4.69) is 15.9 Å². The van der Waals surface area contributed by atoms with Crippen LogP contribution in [0.2, 0.25) is 0 Å². The van der Waals surface area contributed by atoms with Gasteiger partial charge in [0, 0.05) is 23.3 Å². The molecule has 0 saturated carbocycles. The van der Waals surface area contributed by atoms with Crippen molar-refractivity contribution in [2.75, 3.05) is 0 Å². The molecule has 0 amide bonds. The van der Waals surface area contributed by atoms with E-state index in [1.807, 2.05) is 0 Å². The molecule has 1 aliphatic carbocycles. The molecule has 0 aliphatic heterocycles. The number of hydrogen-bond donors (Lipinski definition) is 0. The number of carbonyl (C=O) groups excluding carboxylic acids is 2. The van der Waals surface area contributed by atoms with Crippen LogP contribution in [0.1, 0.15) is 31.8 Å². The van der Waals surface area contributed by atoms with Gasteiger partial charge >= 0.3 is 0 Å². The van der Waals surface area contributed by atoms with E-state index < -0.39 is 4.92 Å². The first-order valence-electron chi connectivity index (χ1n) is 9.00. The zero-order chi connectivity index (χ0) is 21.3. The highest BCUT2D eigenvalue weighted by Crippen LogP contribution is 2.31. The van der Waals surface area contributed by atoms with E-state index in [9.17, 15) is 19.7 Å². The number of allylic oxidation sites excluding steroid dienone is 1. The number of carbonyl (C=O) groups is 2. The van der Waals surface area contributed by atoms with Gasteiger partial charge in [-0.2, -0.15) is 0 Å². The SMILES string of the molecule is O=C1C(=Cc2ccc(OCc3ccc([N+](=O)[O-])cc3)c(Br)c2)C(=O)c2ccccc21. The number of fused-ring (bicyclic) bond motifs is 1. The monoisotopic (exact) mass is 463 g/mol. The lowest BCUT2D eigenvalue weighted by Gasteiger charge is -2.09. The molecule has 1 aliphatic rings. The van der Waals surface area contributed by atoms with Crippen molar-refractivity contribution in [3.63, 3.8) is 0 Å². The summed E-state index contributed by atoms with van der Waals surface area (Å²) in [5.41, 5.74) is 2.50. The molecule has 30 heavy (non-hydrogen) atoms. The van der Waals surface area contributed by atoms with Crippen LogP contribution < -0.4 is 4.74 Å². The van der Waals surface area contributed by atoms with Gasteiger partial charge in [0.2, 0.25) is 0 Å². The summed E-state index contributed by atoms with van der Waals surface area (Å²) in [6.07, 6.45) is 1.58. The summed E-state index contributed by atoms with van der Waals surface area (Å²) in [6.45, 7) is 0.239. The van der Waals surface area contributed by atoms with Gasteiger partial charge in [-0.25, -0.2) is 0 Å². The third kappa shape index (κ3) is 3.79. The molecule has 6 nitrogen and oxygen atoms in total. The summed E-state index contributed by atoms with van der Waals surface area (Å²) in [4.78, 5) is 35.3. The van der Waals surface area contributed by atoms with Crippen LogP contribution in [0.3, 0.4) is 0 Å². The van der Waals surface area contributed by atoms with E-state index >= 15 is 0 Å². The molecule has 0 saturated heterocycles. The smallest absolute Gasteiger partial charge is 0.269 e. The number of halogens is 1. The van der Waals surface area contributed by atoms with Crippen LogP contribution in [0.25, 0.3) is 6.08 Å². The molecular weight excluding hydrogens is 450 g/mol. The molecule has 0 spiro atoms. The zero-order valence-electron chi connectivity index (χ0n) is 15.5. The number of non-ortho nitro benzene ring substituents is 1. The molecule has 7 heteroatoms. The molecule has 0 unspecified atom stereocenters. The third-order valence-corrected chi connectivity index (χ3v) is 5.33. The summed E-state index contributed by atoms with van der Waals surface area (Å²) in [5, 5.41) is 10.7. The number of benzene rings is 3. The standard InChI is InChI=1S/C23H14BrNO5/c24-20-12-15(11-19-22(26)17-3-1-2-4-18(17)23(19)27)7-10-21(20)30-13-14-5-8-16(9-6-14)25(28)29/h1-12H,13H2. The van der Waals surface area contributed by atoms with E-state index in [4.69, 9.17) is 4.74 Å². The molecule has 0 radical (unpaired) electrons. The van der Waals surface area contributed by atoms with Crippen molar-refractivity contribution in [2.45, 2.75) is 6.61 Å². The number of ketones is 2. The van der Waals surface area contributed by atoms with Crippen LogP contribution in [0.5, 0.6) is 5.75 Å². The lowest BCUT2D eigenvalue weighted by atomic mass is 10.1. The van der Waals surface area contributed by atoms with Gasteiger partial charge in [-0.15, -0.1) is 0 Å². The van der Waals surface area contributed by atoms with Crippen molar-refractivity contribution < 1.29 is 19.2 Å². The number of ether oxygens (including phenoxy) is 1. The highest BCUT2D eigenvalue weighted by atomic mass is 79.9. The van der Waals surface area contributed by atoms with Crippen LogP contribution in [0.15, 0.2) is 76.8 Å². The summed E-state index contributed by atoms with van der Waals surface area (Å²) in [5.74, 6) is 0.0262. The summed E-state index contributed by atoms with van der Waals surface area (Å²) in [6, 6.07) is 18.2. The van der Waals surface area contributed by atoms with Gasteiger partial charge in [0.1, 0.15) is 12.4 Å². The Morgan fingerprint density at radius 1 is 0.933 bits per heavy atom. The Labute approximate surface area is 180 Å². The van der Waals surface area contributed by atoms with Gasteiger partial charge in [-0.3, -0.25) is 19.7 Å². The number of nitro benzene ring substituents is 1. The molecule has 4 rings (SSSR count). The van der Waals surface area contributed by atoms with Crippen LogP contribution >= 0.6 is 15.9 Å². The number of rotatable bonds is 5. The number of nitro groups is 1. The average Bonchev–Trinajstić information content (AvgIpc) is 2.98. The van der Waals surface area contributed by atoms with Crippen LogP contribution in [0.4, 0.5) is 5.69 Å². The fraction of sp³-hybridized carbons (Fsp3) is 0.0435. The van der Waals surface area contributed by atoms with E-state index in [1.165, 1.54) is 12.1 Å². The van der Waals surface area contributed by atoms with E-state index in [0.29, 0.717) is 26.9 Å². The van der Waals surface area contributed by atoms with Crippen molar-refractivity contribution >= 4 is 39.3 Å². The van der Waals surface area contributed by atoms with Crippen molar-refractivity contribution in [1.29, 1.82) is 0 Å². The van der Waals surface area contributed by atoms with Crippen molar-refractivity contribution in [3.8, 4) is 5.75 Å². The van der Waals surface area contributed by atoms with Crippen LogP contribution in [-0.2, 0) is 6.61 Å². The first-order valence-corrected chi connectivity index (χ1v) is 9.79. The maximum atomic E-state index is 12.5. The summed E-state index contributed by atoms with van der Waals surface area (Å²) in [7, 11) is 0. The minimum atomic E-state index is -0.452. The first kappa shape index (κ1) is 19.7. The zero-order valence-corrected chi connectivity index (χ0v) is 17.1. The van der Waals surface area contributed by atoms with Crippen molar-refractivity contribution in [2.24, 2.45) is 0 Å². The Morgan fingerprint density at radius 3 is 2.13 bits per heavy atom. The number of nitrogens with zero attached hydrogens (tertiary/aromatic N) is 1. The highest BCUT2D eigenvalue weighted by molar-refractivity contribution is 9.10. The molecule has 0 heterocycles. The van der Waals surface area contributed by atoms with E-state index in [0.717, 1.165) is 5.56 Å². The lowest BCUT2D eigenvalue weighted by molar-refractivity contribution is -0.384. The van der Waals surface area contributed by atoms with Gasteiger partial charge < -0.3 is 4.74 Å². The van der Waals surface area contributed by atoms with Gasteiger partial charge in [-0.05, 0) is 57.4 Å². The normalized spacial score (nSPS) is 12.6. The predicted molar refractivity (Wildman–Crippen MR) is 115 cm³/mol. The Kier molecular flexibility index (Phi) is 5.29. The number of hydrogen-bond acceptors (Lipinski definition) is 5. The Hall–Kier alpha value is -3.58. The molecule has 0 aromatic heterocycles. The minimum absolute atomic E-state index is 0.0236. The fourth-order valence-electron chi connectivity index (χ4n) is 3.17. The van der Waals surface area contributed by atoms with E-state index in [1.54, 1.807) is 60.7 Å². The molecule has 148 valence electrons. The van der Waals surface area contributed by atoms with Crippen molar-refractivity contribution in [3.05, 3.63) is 109 Å². The quantitative estimate of drug-likeness (QED) is 0.219. The minimum Gasteiger partial charge on any atom is -0.488 e. The molecule has 3 aromatic rings. The first-order chi connectivity index (χ1) is 14.4.